The molecular formula is C12H20N4O3. The van der Waals surface area contributed by atoms with Gasteiger partial charge in [0.25, 0.3) is 0 Å². The smallest absolute Gasteiger partial charge is 0.341 e. The van der Waals surface area contributed by atoms with Gasteiger partial charge in [0.1, 0.15) is 11.4 Å². The van der Waals surface area contributed by atoms with Crippen molar-refractivity contribution >= 4 is 17.7 Å². The van der Waals surface area contributed by atoms with Crippen LogP contribution >= 0.6 is 0 Å². The lowest BCUT2D eigenvalue weighted by Gasteiger charge is -2.06. The Bertz CT molecular complexity index is 468. The molecule has 106 valence electrons. The number of nitrogens with two attached hydrogens (primary N) is 1. The molecule has 19 heavy (non-hydrogen) atoms. The number of aromatic carboxylic acids is 1. The lowest BCUT2D eigenvalue weighted by atomic mass is 10.2. The Morgan fingerprint density at radius 3 is 2.63 bits per heavy atom. The van der Waals surface area contributed by atoms with E-state index in [0.717, 1.165) is 19.3 Å². The van der Waals surface area contributed by atoms with Gasteiger partial charge in [-0.25, -0.2) is 4.79 Å². The molecule has 1 heterocycles. The zero-order valence-corrected chi connectivity index (χ0v) is 11.3. The first-order valence-electron chi connectivity index (χ1n) is 6.24. The Morgan fingerprint density at radius 2 is 2.05 bits per heavy atom. The van der Waals surface area contributed by atoms with Crippen molar-refractivity contribution in [2.75, 3.05) is 11.9 Å². The number of aryl methyl sites for hydroxylation is 2. The topological polar surface area (TPSA) is 110 Å². The van der Waals surface area contributed by atoms with Gasteiger partial charge in [0.2, 0.25) is 5.91 Å². The summed E-state index contributed by atoms with van der Waals surface area (Å²) < 4.78 is 1.37. The lowest BCUT2D eigenvalue weighted by molar-refractivity contribution is -0.116. The number of carboxylic acid groups (broad SMARTS) is 1. The molecule has 7 heteroatoms. The van der Waals surface area contributed by atoms with Gasteiger partial charge in [0.05, 0.1) is 5.69 Å². The zero-order chi connectivity index (χ0) is 14.4. The molecule has 1 rings (SSSR count). The third-order valence-corrected chi connectivity index (χ3v) is 2.80. The molecule has 0 radical (unpaired) electrons. The number of hydrogen-bond donors (Lipinski definition) is 3. The van der Waals surface area contributed by atoms with E-state index in [2.05, 4.69) is 10.4 Å². The lowest BCUT2D eigenvalue weighted by Crippen LogP contribution is -2.16. The number of carboxylic acids is 1. The summed E-state index contributed by atoms with van der Waals surface area (Å²) >= 11 is 0. The molecule has 0 aromatic carbocycles. The van der Waals surface area contributed by atoms with Gasteiger partial charge in [0, 0.05) is 13.5 Å². The molecule has 1 aromatic rings. The summed E-state index contributed by atoms with van der Waals surface area (Å²) in [5, 5.41) is 15.7. The highest BCUT2D eigenvalue weighted by Gasteiger charge is 2.20. The number of carbonyl (C=O) groups is 2. The fraction of sp³-hybridized carbons (Fsp3) is 0.583. The van der Waals surface area contributed by atoms with Crippen LogP contribution in [0.15, 0.2) is 0 Å². The van der Waals surface area contributed by atoms with E-state index in [1.54, 1.807) is 14.0 Å². The summed E-state index contributed by atoms with van der Waals surface area (Å²) in [4.78, 5) is 22.9. The van der Waals surface area contributed by atoms with Crippen LogP contribution in [0, 0.1) is 6.92 Å². The first-order valence-corrected chi connectivity index (χ1v) is 6.24. The van der Waals surface area contributed by atoms with Gasteiger partial charge in [-0.05, 0) is 26.3 Å². The van der Waals surface area contributed by atoms with Gasteiger partial charge in [0.15, 0.2) is 0 Å². The average molecular weight is 268 g/mol. The van der Waals surface area contributed by atoms with Gasteiger partial charge in [-0.2, -0.15) is 5.10 Å². The summed E-state index contributed by atoms with van der Waals surface area (Å²) in [5.41, 5.74) is 5.79. The molecule has 0 bridgehead atoms. The molecule has 0 aliphatic carbocycles. The molecule has 0 fully saturated rings. The van der Waals surface area contributed by atoms with Crippen molar-refractivity contribution < 1.29 is 14.7 Å². The first-order chi connectivity index (χ1) is 8.97. The normalized spacial score (nSPS) is 10.5. The molecule has 0 saturated carbocycles. The molecule has 7 nitrogen and oxygen atoms in total. The minimum Gasteiger partial charge on any atom is -0.477 e. The third kappa shape index (κ3) is 4.06. The van der Waals surface area contributed by atoms with Crippen molar-refractivity contribution in [1.29, 1.82) is 0 Å². The van der Waals surface area contributed by atoms with Crippen LogP contribution in [0.4, 0.5) is 5.82 Å². The molecule has 0 atom stereocenters. The van der Waals surface area contributed by atoms with Crippen molar-refractivity contribution in [2.45, 2.75) is 32.6 Å². The first kappa shape index (κ1) is 15.2. The maximum Gasteiger partial charge on any atom is 0.341 e. The fourth-order valence-corrected chi connectivity index (χ4v) is 1.86. The highest BCUT2D eigenvalue weighted by atomic mass is 16.4. The maximum atomic E-state index is 11.7. The van der Waals surface area contributed by atoms with Crippen LogP contribution < -0.4 is 11.1 Å². The van der Waals surface area contributed by atoms with Crippen LogP contribution in [-0.2, 0) is 11.8 Å². The summed E-state index contributed by atoms with van der Waals surface area (Å²) in [6.07, 6.45) is 2.87. The van der Waals surface area contributed by atoms with Crippen LogP contribution in [0.5, 0.6) is 0 Å². The molecule has 0 unspecified atom stereocenters. The van der Waals surface area contributed by atoms with Crippen molar-refractivity contribution in [2.24, 2.45) is 12.8 Å². The predicted octanol–water partition coefficient (Wildman–Crippen LogP) is 0.884. The van der Waals surface area contributed by atoms with Crippen LogP contribution in [0.2, 0.25) is 0 Å². The number of nitrogens with zero attached hydrogens (tertiary/aromatic N) is 2. The van der Waals surface area contributed by atoms with Crippen LogP contribution in [-0.4, -0.2) is 33.3 Å². The van der Waals surface area contributed by atoms with Crippen molar-refractivity contribution in [3.63, 3.8) is 0 Å². The van der Waals surface area contributed by atoms with Crippen molar-refractivity contribution in [1.82, 2.24) is 9.78 Å². The molecule has 0 saturated heterocycles. The van der Waals surface area contributed by atoms with E-state index in [9.17, 15) is 9.59 Å². The minimum atomic E-state index is -1.09. The summed E-state index contributed by atoms with van der Waals surface area (Å²) in [6.45, 7) is 2.21. The summed E-state index contributed by atoms with van der Waals surface area (Å²) in [5.74, 6) is -1.07. The van der Waals surface area contributed by atoms with E-state index in [1.165, 1.54) is 4.68 Å². The number of nitrogens with one attached hydrogen (secondary N) is 1. The van der Waals surface area contributed by atoms with E-state index in [1.807, 2.05) is 0 Å². The quantitative estimate of drug-likeness (QED) is 0.636. The monoisotopic (exact) mass is 268 g/mol. The van der Waals surface area contributed by atoms with Gasteiger partial charge in [-0.1, -0.05) is 6.42 Å². The molecule has 4 N–H and O–H groups in total. The van der Waals surface area contributed by atoms with Gasteiger partial charge >= 0.3 is 5.97 Å². The van der Waals surface area contributed by atoms with E-state index < -0.39 is 5.97 Å². The molecular weight excluding hydrogens is 248 g/mol. The largest absolute Gasteiger partial charge is 0.477 e. The minimum absolute atomic E-state index is 0.0396. The fourth-order valence-electron chi connectivity index (χ4n) is 1.86. The van der Waals surface area contributed by atoms with Crippen molar-refractivity contribution in [3.8, 4) is 0 Å². The Kier molecular flexibility index (Phi) is 5.50. The maximum absolute atomic E-state index is 11.7. The number of carbonyl (C=O) groups excluding carboxylic acids is 1. The number of anilines is 1. The molecule has 1 amide bonds. The standard InChI is InChI=1S/C12H20N4O3/c1-8-10(12(18)19)11(16(2)15-8)14-9(17)6-4-3-5-7-13/h3-7,13H2,1-2H3,(H,14,17)(H,18,19). The Labute approximate surface area is 111 Å². The SMILES string of the molecule is Cc1nn(C)c(NC(=O)CCCCCN)c1C(=O)O. The molecule has 0 aliphatic heterocycles. The van der Waals surface area contributed by atoms with E-state index >= 15 is 0 Å². The Hall–Kier alpha value is -1.89. The predicted molar refractivity (Wildman–Crippen MR) is 71.1 cm³/mol. The second-order valence-electron chi connectivity index (χ2n) is 4.39. The molecule has 1 aromatic heterocycles. The summed E-state index contributed by atoms with van der Waals surface area (Å²) in [6, 6.07) is 0. The Morgan fingerprint density at radius 1 is 1.37 bits per heavy atom. The molecule has 0 aliphatic rings. The summed E-state index contributed by atoms with van der Waals surface area (Å²) in [7, 11) is 1.60. The van der Waals surface area contributed by atoms with E-state index in [0.29, 0.717) is 18.7 Å². The average Bonchev–Trinajstić information content (AvgIpc) is 2.60. The highest BCUT2D eigenvalue weighted by molar-refractivity contribution is 6.00. The highest BCUT2D eigenvalue weighted by Crippen LogP contribution is 2.19. The third-order valence-electron chi connectivity index (χ3n) is 2.80. The van der Waals surface area contributed by atoms with Crippen LogP contribution in [0.1, 0.15) is 41.7 Å². The van der Waals surface area contributed by atoms with Crippen LogP contribution in [0.25, 0.3) is 0 Å². The number of rotatable bonds is 7. The number of amides is 1. The molecule has 0 spiro atoms. The van der Waals surface area contributed by atoms with Crippen molar-refractivity contribution in [3.05, 3.63) is 11.3 Å². The van der Waals surface area contributed by atoms with E-state index in [-0.39, 0.29) is 17.3 Å². The van der Waals surface area contributed by atoms with Gasteiger partial charge in [-0.15, -0.1) is 0 Å². The van der Waals surface area contributed by atoms with Gasteiger partial charge in [-0.3, -0.25) is 9.48 Å². The second-order valence-corrected chi connectivity index (χ2v) is 4.39. The zero-order valence-electron chi connectivity index (χ0n) is 11.3. The Balaban J connectivity index is 2.66. The number of aromatic nitrogens is 2. The number of unbranched alkanes of at least 4 members (excludes halogenated alkanes) is 2. The van der Waals surface area contributed by atoms with Crippen LogP contribution in [0.3, 0.4) is 0 Å². The number of hydrogen-bond acceptors (Lipinski definition) is 4. The van der Waals surface area contributed by atoms with Gasteiger partial charge < -0.3 is 16.2 Å². The second kappa shape index (κ2) is 6.89. The van der Waals surface area contributed by atoms with E-state index in [4.69, 9.17) is 10.8 Å².